The minimum Gasteiger partial charge on any atom is -0.481 e. The summed E-state index contributed by atoms with van der Waals surface area (Å²) in [5, 5.41) is 9.07. The molecule has 7 heteroatoms. The van der Waals surface area contributed by atoms with Gasteiger partial charge < -0.3 is 21.5 Å². The van der Waals surface area contributed by atoms with E-state index in [-0.39, 0.29) is 19.4 Å². The second kappa shape index (κ2) is 10.3. The van der Waals surface area contributed by atoms with Gasteiger partial charge in [-0.25, -0.2) is 0 Å². The van der Waals surface area contributed by atoms with Gasteiger partial charge in [-0.3, -0.25) is 14.4 Å². The molecule has 0 saturated heterocycles. The van der Waals surface area contributed by atoms with Gasteiger partial charge in [0.1, 0.15) is 6.04 Å². The first-order valence-electron chi connectivity index (χ1n) is 10.2. The highest BCUT2D eigenvalue weighted by Crippen LogP contribution is 2.22. The summed E-state index contributed by atoms with van der Waals surface area (Å²) in [6.07, 6.45) is -0.373. The maximum atomic E-state index is 13.4. The lowest BCUT2D eigenvalue weighted by molar-refractivity contribution is -0.137. The van der Waals surface area contributed by atoms with Crippen molar-refractivity contribution in [3.8, 4) is 11.1 Å². The van der Waals surface area contributed by atoms with Gasteiger partial charge in [0.05, 0.1) is 0 Å². The van der Waals surface area contributed by atoms with Crippen molar-refractivity contribution >= 4 is 23.5 Å². The lowest BCUT2D eigenvalue weighted by Crippen LogP contribution is -2.47. The molecule has 7 nitrogen and oxygen atoms in total. The Kier molecular flexibility index (Phi) is 7.23. The van der Waals surface area contributed by atoms with Crippen molar-refractivity contribution in [1.82, 2.24) is 4.90 Å². The maximum Gasteiger partial charge on any atom is 0.303 e. The van der Waals surface area contributed by atoms with Gasteiger partial charge in [-0.15, -0.1) is 0 Å². The lowest BCUT2D eigenvalue weighted by Gasteiger charge is -2.30. The number of aliphatic carboxylic acids is 1. The molecule has 0 aliphatic carbocycles. The van der Waals surface area contributed by atoms with E-state index in [0.29, 0.717) is 16.8 Å². The number of carboxylic acids is 1. The third-order valence-electron chi connectivity index (χ3n) is 5.14. The molecule has 1 atom stereocenters. The van der Waals surface area contributed by atoms with Crippen LogP contribution in [0.5, 0.6) is 0 Å². The minimum atomic E-state index is -1.08. The van der Waals surface area contributed by atoms with Gasteiger partial charge >= 0.3 is 5.97 Å². The fourth-order valence-corrected chi connectivity index (χ4v) is 3.53. The van der Waals surface area contributed by atoms with E-state index < -0.39 is 23.8 Å². The first-order chi connectivity index (χ1) is 15.3. The van der Waals surface area contributed by atoms with Crippen LogP contribution in [0, 0.1) is 0 Å². The topological polar surface area (TPSA) is 127 Å². The number of nitrogens with two attached hydrogens (primary N) is 2. The van der Waals surface area contributed by atoms with Crippen molar-refractivity contribution in [3.05, 3.63) is 90.0 Å². The number of carbonyl (C=O) groups excluding carboxylic acids is 2. The Morgan fingerprint density at radius 3 is 2.12 bits per heavy atom. The van der Waals surface area contributed by atoms with Crippen molar-refractivity contribution in [2.45, 2.75) is 25.4 Å². The van der Waals surface area contributed by atoms with Gasteiger partial charge in [0.25, 0.3) is 5.91 Å². The van der Waals surface area contributed by atoms with Crippen LogP contribution in [0.2, 0.25) is 0 Å². The van der Waals surface area contributed by atoms with E-state index in [1.165, 1.54) is 4.90 Å². The molecule has 5 N–H and O–H groups in total. The van der Waals surface area contributed by atoms with Crippen LogP contribution in [0.3, 0.4) is 0 Å². The van der Waals surface area contributed by atoms with Crippen LogP contribution in [-0.2, 0) is 16.1 Å². The van der Waals surface area contributed by atoms with Crippen molar-refractivity contribution in [1.29, 1.82) is 0 Å². The summed E-state index contributed by atoms with van der Waals surface area (Å²) in [6.45, 7) is 0.0670. The first-order valence-corrected chi connectivity index (χ1v) is 10.2. The number of carboxylic acid groups (broad SMARTS) is 1. The van der Waals surface area contributed by atoms with Gasteiger partial charge in [0.15, 0.2) is 0 Å². The molecule has 0 aliphatic heterocycles. The van der Waals surface area contributed by atoms with Crippen molar-refractivity contribution in [2.24, 2.45) is 5.73 Å². The molecule has 0 aliphatic rings. The predicted molar refractivity (Wildman–Crippen MR) is 122 cm³/mol. The summed E-state index contributed by atoms with van der Waals surface area (Å²) in [7, 11) is 0. The number of hydrogen-bond acceptors (Lipinski definition) is 4. The first kappa shape index (κ1) is 22.6. The Bertz CT molecular complexity index is 1100. The van der Waals surface area contributed by atoms with E-state index in [0.717, 1.165) is 11.1 Å². The van der Waals surface area contributed by atoms with Crippen molar-refractivity contribution < 1.29 is 19.5 Å². The van der Waals surface area contributed by atoms with Crippen LogP contribution in [0.25, 0.3) is 11.1 Å². The Balaban J connectivity index is 1.92. The van der Waals surface area contributed by atoms with E-state index in [2.05, 4.69) is 0 Å². The molecule has 2 amide bonds. The average Bonchev–Trinajstić information content (AvgIpc) is 2.78. The zero-order valence-electron chi connectivity index (χ0n) is 17.5. The van der Waals surface area contributed by atoms with E-state index in [1.807, 2.05) is 42.5 Å². The Morgan fingerprint density at radius 2 is 1.53 bits per heavy atom. The zero-order valence-corrected chi connectivity index (χ0v) is 17.5. The molecule has 0 radical (unpaired) electrons. The number of benzene rings is 3. The summed E-state index contributed by atoms with van der Waals surface area (Å²) in [6, 6.07) is 22.6. The van der Waals surface area contributed by atoms with Crippen LogP contribution in [0.1, 0.15) is 28.8 Å². The molecule has 32 heavy (non-hydrogen) atoms. The van der Waals surface area contributed by atoms with E-state index in [9.17, 15) is 14.4 Å². The van der Waals surface area contributed by atoms with Crippen LogP contribution >= 0.6 is 0 Å². The molecule has 3 aromatic rings. The van der Waals surface area contributed by atoms with Gasteiger partial charge in [-0.2, -0.15) is 0 Å². The van der Waals surface area contributed by atoms with Crippen LogP contribution in [0.15, 0.2) is 78.9 Å². The second-order valence-corrected chi connectivity index (χ2v) is 7.47. The van der Waals surface area contributed by atoms with E-state index in [1.54, 1.807) is 36.4 Å². The molecule has 0 unspecified atom stereocenters. The highest BCUT2D eigenvalue weighted by atomic mass is 16.4. The summed E-state index contributed by atoms with van der Waals surface area (Å²) < 4.78 is 0. The van der Waals surface area contributed by atoms with Crippen molar-refractivity contribution in [3.63, 3.8) is 0 Å². The highest BCUT2D eigenvalue weighted by Gasteiger charge is 2.29. The lowest BCUT2D eigenvalue weighted by atomic mass is 10.0. The fraction of sp³-hybridized carbons (Fsp3) is 0.160. The molecule has 0 bridgehead atoms. The number of anilines is 1. The third-order valence-corrected chi connectivity index (χ3v) is 5.14. The fourth-order valence-electron chi connectivity index (χ4n) is 3.53. The molecule has 0 heterocycles. The molecular formula is C25H25N3O4. The summed E-state index contributed by atoms with van der Waals surface area (Å²) in [5.41, 5.74) is 15.0. The summed E-state index contributed by atoms with van der Waals surface area (Å²) >= 11 is 0. The monoisotopic (exact) mass is 431 g/mol. The number of amides is 2. The Hall–Kier alpha value is -4.13. The van der Waals surface area contributed by atoms with Gasteiger partial charge in [0.2, 0.25) is 5.91 Å². The molecule has 164 valence electrons. The summed E-state index contributed by atoms with van der Waals surface area (Å²) in [5.74, 6) is -2.24. The second-order valence-electron chi connectivity index (χ2n) is 7.47. The van der Waals surface area contributed by atoms with E-state index in [4.69, 9.17) is 16.6 Å². The molecule has 0 saturated carbocycles. The van der Waals surface area contributed by atoms with Gasteiger partial charge in [-0.05, 0) is 47.4 Å². The maximum absolute atomic E-state index is 13.4. The van der Waals surface area contributed by atoms with Gasteiger partial charge in [0, 0.05) is 24.2 Å². The molecule has 0 fully saturated rings. The zero-order chi connectivity index (χ0) is 23.1. The third kappa shape index (κ3) is 5.72. The smallest absolute Gasteiger partial charge is 0.303 e. The largest absolute Gasteiger partial charge is 0.481 e. The summed E-state index contributed by atoms with van der Waals surface area (Å²) in [4.78, 5) is 38.0. The number of nitrogens with zero attached hydrogens (tertiary/aromatic N) is 1. The molecule has 3 aromatic carbocycles. The van der Waals surface area contributed by atoms with Gasteiger partial charge in [-0.1, -0.05) is 54.6 Å². The van der Waals surface area contributed by atoms with Crippen LogP contribution < -0.4 is 11.5 Å². The van der Waals surface area contributed by atoms with Crippen LogP contribution in [0.4, 0.5) is 5.69 Å². The molecule has 3 rings (SSSR count). The number of nitrogen functional groups attached to an aromatic ring is 1. The number of carbonyl (C=O) groups is 3. The normalized spacial score (nSPS) is 11.5. The van der Waals surface area contributed by atoms with Crippen LogP contribution in [-0.4, -0.2) is 33.8 Å². The quantitative estimate of drug-likeness (QED) is 0.448. The predicted octanol–water partition coefficient (Wildman–Crippen LogP) is 3.30. The molecule has 0 aromatic heterocycles. The van der Waals surface area contributed by atoms with E-state index >= 15 is 0 Å². The average molecular weight is 431 g/mol. The minimum absolute atomic E-state index is 0.0670. The SMILES string of the molecule is NC(=O)[C@H](CCC(=O)O)N(Cc1cccc(N)c1)C(=O)c1ccc(-c2ccccc2)cc1. The highest BCUT2D eigenvalue weighted by molar-refractivity contribution is 5.97. The molecular weight excluding hydrogens is 406 g/mol. The molecule has 0 spiro atoms. The van der Waals surface area contributed by atoms with Crippen molar-refractivity contribution in [2.75, 3.05) is 5.73 Å². The number of hydrogen-bond donors (Lipinski definition) is 3. The number of rotatable bonds is 9. The Morgan fingerprint density at radius 1 is 0.875 bits per heavy atom. The Labute approximate surface area is 186 Å². The number of primary amides is 1. The standard InChI is InChI=1S/C25H25N3O4/c26-21-8-4-5-17(15-21)16-28(22(24(27)31)13-14-23(29)30)25(32)20-11-9-19(10-12-20)18-6-2-1-3-7-18/h1-12,15,22H,13-14,16,26H2,(H2,27,31)(H,29,30)/t22-/m0/s1.